The van der Waals surface area contributed by atoms with Gasteiger partial charge in [-0.2, -0.15) is 5.26 Å². The Morgan fingerprint density at radius 3 is 2.81 bits per heavy atom. The summed E-state index contributed by atoms with van der Waals surface area (Å²) in [6.45, 7) is 11.6. The van der Waals surface area contributed by atoms with Crippen LogP contribution in [0.25, 0.3) is 0 Å². The van der Waals surface area contributed by atoms with E-state index in [0.29, 0.717) is 18.5 Å². The summed E-state index contributed by atoms with van der Waals surface area (Å²) in [5.74, 6) is 1.00. The Labute approximate surface area is 162 Å². The molecular formula is C21H29N5O. The third kappa shape index (κ3) is 3.70. The maximum Gasteiger partial charge on any atom is 0.222 e. The summed E-state index contributed by atoms with van der Waals surface area (Å²) < 4.78 is 0. The van der Waals surface area contributed by atoms with Crippen molar-refractivity contribution in [3.05, 3.63) is 35.5 Å². The minimum Gasteiger partial charge on any atom is -0.352 e. The van der Waals surface area contributed by atoms with Crippen LogP contribution in [0.4, 0.5) is 5.82 Å². The number of carbonyl (C=O) groups excluding carboxylic acids is 1. The molecule has 1 aromatic heterocycles. The fourth-order valence-corrected chi connectivity index (χ4v) is 4.41. The van der Waals surface area contributed by atoms with Gasteiger partial charge in [0.05, 0.1) is 5.56 Å². The number of aromatic nitrogens is 1. The average Bonchev–Trinajstić information content (AvgIpc) is 2.78. The van der Waals surface area contributed by atoms with E-state index in [1.165, 1.54) is 0 Å². The van der Waals surface area contributed by atoms with Crippen molar-refractivity contribution in [2.24, 2.45) is 0 Å². The van der Waals surface area contributed by atoms with Gasteiger partial charge in [-0.05, 0) is 45.4 Å². The highest BCUT2D eigenvalue weighted by Crippen LogP contribution is 2.35. The van der Waals surface area contributed by atoms with Crippen LogP contribution >= 0.6 is 0 Å². The van der Waals surface area contributed by atoms with E-state index in [4.69, 9.17) is 4.98 Å². The molecule has 0 aliphatic carbocycles. The number of piperazine rings is 1. The summed E-state index contributed by atoms with van der Waals surface area (Å²) in [6, 6.07) is 4.31. The maximum absolute atomic E-state index is 12.5. The van der Waals surface area contributed by atoms with Crippen LogP contribution < -0.4 is 4.90 Å². The molecule has 0 radical (unpaired) electrons. The van der Waals surface area contributed by atoms with E-state index in [1.54, 1.807) is 6.08 Å². The quantitative estimate of drug-likeness (QED) is 0.767. The lowest BCUT2D eigenvalue weighted by Gasteiger charge is -2.49. The second kappa shape index (κ2) is 7.69. The summed E-state index contributed by atoms with van der Waals surface area (Å²) in [4.78, 5) is 23.7. The normalized spacial score (nSPS) is 24.0. The highest BCUT2D eigenvalue weighted by molar-refractivity contribution is 5.77. The molecule has 1 atom stereocenters. The fraction of sp³-hybridized carbons (Fsp3) is 0.571. The minimum atomic E-state index is -0.0735. The number of hydrogen-bond acceptors (Lipinski definition) is 5. The molecule has 27 heavy (non-hydrogen) atoms. The highest BCUT2D eigenvalue weighted by atomic mass is 16.2. The topological polar surface area (TPSA) is 63.5 Å². The van der Waals surface area contributed by atoms with Crippen molar-refractivity contribution in [1.82, 2.24) is 14.8 Å². The molecule has 1 spiro atoms. The van der Waals surface area contributed by atoms with Gasteiger partial charge >= 0.3 is 0 Å². The van der Waals surface area contributed by atoms with Gasteiger partial charge in [-0.15, -0.1) is 6.58 Å². The van der Waals surface area contributed by atoms with Crippen LogP contribution in [0.5, 0.6) is 0 Å². The minimum absolute atomic E-state index is 0.0735. The van der Waals surface area contributed by atoms with Crippen molar-refractivity contribution < 1.29 is 4.79 Å². The molecule has 3 heterocycles. The monoisotopic (exact) mass is 367 g/mol. The smallest absolute Gasteiger partial charge is 0.222 e. The molecule has 6 heteroatoms. The van der Waals surface area contributed by atoms with Gasteiger partial charge in [0, 0.05) is 50.4 Å². The fourth-order valence-electron chi connectivity index (χ4n) is 4.41. The van der Waals surface area contributed by atoms with Crippen molar-refractivity contribution in [2.45, 2.75) is 38.6 Å². The number of hydrogen-bond donors (Lipinski definition) is 0. The zero-order chi connectivity index (χ0) is 19.6. The number of likely N-dealkylation sites (tertiary alicyclic amines) is 1. The summed E-state index contributed by atoms with van der Waals surface area (Å²) >= 11 is 0. The third-order valence-corrected chi connectivity index (χ3v) is 6.09. The molecule has 2 saturated heterocycles. The van der Waals surface area contributed by atoms with Crippen LogP contribution in [0.3, 0.4) is 0 Å². The van der Waals surface area contributed by atoms with Crippen LogP contribution in [-0.2, 0) is 4.79 Å². The van der Waals surface area contributed by atoms with Crippen molar-refractivity contribution in [3.8, 4) is 6.07 Å². The summed E-state index contributed by atoms with van der Waals surface area (Å²) in [5, 5.41) is 9.66. The van der Waals surface area contributed by atoms with Gasteiger partial charge < -0.3 is 9.80 Å². The summed E-state index contributed by atoms with van der Waals surface area (Å²) in [6.07, 6.45) is 4.11. The Kier molecular flexibility index (Phi) is 5.52. The van der Waals surface area contributed by atoms with E-state index in [-0.39, 0.29) is 11.4 Å². The average molecular weight is 367 g/mol. The standard InChI is InChI=1S/C21H29N5O/c1-5-9-25-10-8-21(7-6-19(25)27)15-26(12-11-24(21)4)20-18(14-22)16(2)13-17(3)23-20/h5,13H,1,6-12,15H2,2-4H3/t21-/m1/s1. The molecule has 1 aromatic rings. The molecule has 0 N–H and O–H groups in total. The molecule has 144 valence electrons. The number of carbonyl (C=O) groups is 1. The molecule has 2 aliphatic rings. The zero-order valence-electron chi connectivity index (χ0n) is 16.7. The molecule has 2 aliphatic heterocycles. The van der Waals surface area contributed by atoms with Crippen LogP contribution in [-0.4, -0.2) is 66.0 Å². The lowest BCUT2D eigenvalue weighted by Crippen LogP contribution is -2.61. The predicted molar refractivity (Wildman–Crippen MR) is 107 cm³/mol. The van der Waals surface area contributed by atoms with Gasteiger partial charge in [0.25, 0.3) is 0 Å². The van der Waals surface area contributed by atoms with Gasteiger partial charge in [-0.3, -0.25) is 9.69 Å². The molecule has 0 aromatic carbocycles. The van der Waals surface area contributed by atoms with Gasteiger partial charge in [-0.1, -0.05) is 6.08 Å². The molecule has 0 saturated carbocycles. The number of amides is 1. The lowest BCUT2D eigenvalue weighted by atomic mass is 9.86. The van der Waals surface area contributed by atoms with E-state index < -0.39 is 0 Å². The first-order valence-corrected chi connectivity index (χ1v) is 9.63. The van der Waals surface area contributed by atoms with E-state index >= 15 is 0 Å². The van der Waals surface area contributed by atoms with Crippen LogP contribution in [0, 0.1) is 25.2 Å². The predicted octanol–water partition coefficient (Wildman–Crippen LogP) is 2.26. The molecule has 0 bridgehead atoms. The summed E-state index contributed by atoms with van der Waals surface area (Å²) in [7, 11) is 2.16. The van der Waals surface area contributed by atoms with Crippen molar-refractivity contribution >= 4 is 11.7 Å². The number of anilines is 1. The molecule has 2 fully saturated rings. The molecule has 3 rings (SSSR count). The molecule has 0 unspecified atom stereocenters. The van der Waals surface area contributed by atoms with Crippen molar-refractivity contribution in [3.63, 3.8) is 0 Å². The largest absolute Gasteiger partial charge is 0.352 e. The number of nitrogens with zero attached hydrogens (tertiary/aromatic N) is 5. The van der Waals surface area contributed by atoms with Crippen LogP contribution in [0.15, 0.2) is 18.7 Å². The molecule has 1 amide bonds. The van der Waals surface area contributed by atoms with E-state index in [1.807, 2.05) is 24.8 Å². The van der Waals surface area contributed by atoms with Gasteiger partial charge in [-0.25, -0.2) is 4.98 Å². The first-order valence-electron chi connectivity index (χ1n) is 9.63. The van der Waals surface area contributed by atoms with Crippen LogP contribution in [0.2, 0.25) is 0 Å². The lowest BCUT2D eigenvalue weighted by molar-refractivity contribution is -0.130. The van der Waals surface area contributed by atoms with Crippen LogP contribution in [0.1, 0.15) is 36.1 Å². The van der Waals surface area contributed by atoms with E-state index in [2.05, 4.69) is 29.5 Å². The van der Waals surface area contributed by atoms with Gasteiger partial charge in [0.15, 0.2) is 0 Å². The Hall–Kier alpha value is -2.39. The first-order chi connectivity index (χ1) is 12.9. The Bertz CT molecular complexity index is 784. The number of aryl methyl sites for hydroxylation is 2. The van der Waals surface area contributed by atoms with E-state index in [9.17, 15) is 10.1 Å². The van der Waals surface area contributed by atoms with Gasteiger partial charge in [0.1, 0.15) is 11.9 Å². The maximum atomic E-state index is 12.5. The number of rotatable bonds is 3. The third-order valence-electron chi connectivity index (χ3n) is 6.09. The first kappa shape index (κ1) is 19.4. The Balaban J connectivity index is 1.90. The number of likely N-dealkylation sites (N-methyl/N-ethyl adjacent to an activating group) is 1. The Morgan fingerprint density at radius 2 is 2.11 bits per heavy atom. The van der Waals surface area contributed by atoms with Gasteiger partial charge in [0.2, 0.25) is 5.91 Å². The second-order valence-corrected chi connectivity index (χ2v) is 7.84. The summed E-state index contributed by atoms with van der Waals surface area (Å²) in [5.41, 5.74) is 2.50. The Morgan fingerprint density at radius 1 is 1.33 bits per heavy atom. The van der Waals surface area contributed by atoms with Crippen molar-refractivity contribution in [1.29, 1.82) is 5.26 Å². The number of pyridine rings is 1. The van der Waals surface area contributed by atoms with E-state index in [0.717, 1.165) is 56.1 Å². The zero-order valence-corrected chi connectivity index (χ0v) is 16.7. The van der Waals surface area contributed by atoms with Crippen molar-refractivity contribution in [2.75, 3.05) is 44.7 Å². The number of nitriles is 1. The molecule has 6 nitrogen and oxygen atoms in total. The molecular weight excluding hydrogens is 338 g/mol. The second-order valence-electron chi connectivity index (χ2n) is 7.84. The SMILES string of the molecule is C=CCN1CC[C@]2(CCC1=O)CN(c1nc(C)cc(C)c1C#N)CCN2C. The highest BCUT2D eigenvalue weighted by Gasteiger charge is 2.42.